The van der Waals surface area contributed by atoms with Gasteiger partial charge in [0.05, 0.1) is 5.41 Å². The number of carbonyl (C=O) groups excluding carboxylic acids is 1. The monoisotopic (exact) mass is 488 g/mol. The van der Waals surface area contributed by atoms with Crippen molar-refractivity contribution in [3.8, 4) is 0 Å². The number of carboxylic acids is 1. The van der Waals surface area contributed by atoms with Crippen LogP contribution < -0.4 is 0 Å². The molecule has 4 saturated carbocycles. The molecule has 0 aromatic carbocycles. The van der Waals surface area contributed by atoms with Crippen LogP contribution in [0.4, 0.5) is 4.39 Å². The van der Waals surface area contributed by atoms with E-state index in [1.165, 1.54) is 0 Å². The van der Waals surface area contributed by atoms with Crippen molar-refractivity contribution in [2.24, 2.45) is 51.2 Å². The normalized spacial score (nSPS) is 54.8. The smallest absolute Gasteiger partial charge is 0.313 e. The SMILES string of the molecule is C=C(C)[C@@H]1CC[C@]2(C)[C@H](C[C@@H](F)C34OC(=O)[C@@]5(CC[C@@H](C)[C@H](C)[C@@H]35)CC[C@]42C)[C@@]1(C)CCC(=O)O. The molecule has 0 aromatic heterocycles. The van der Waals surface area contributed by atoms with Crippen molar-refractivity contribution in [3.05, 3.63) is 12.2 Å². The van der Waals surface area contributed by atoms with Gasteiger partial charge < -0.3 is 9.84 Å². The van der Waals surface area contributed by atoms with Crippen LogP contribution in [-0.2, 0) is 14.3 Å². The number of allylic oxidation sites excluding steroid dienone is 1. The van der Waals surface area contributed by atoms with E-state index in [1.807, 2.05) is 6.92 Å². The summed E-state index contributed by atoms with van der Waals surface area (Å²) in [5.74, 6) is -0.156. The van der Waals surface area contributed by atoms with E-state index in [0.29, 0.717) is 18.8 Å². The van der Waals surface area contributed by atoms with Crippen molar-refractivity contribution >= 4 is 11.9 Å². The molecule has 1 aliphatic heterocycles. The Labute approximate surface area is 210 Å². The van der Waals surface area contributed by atoms with Gasteiger partial charge in [0.25, 0.3) is 0 Å². The molecule has 5 heteroatoms. The molecule has 0 radical (unpaired) electrons. The summed E-state index contributed by atoms with van der Waals surface area (Å²) >= 11 is 0. The molecule has 35 heavy (non-hydrogen) atoms. The molecule has 5 fully saturated rings. The van der Waals surface area contributed by atoms with Gasteiger partial charge in [-0.3, -0.25) is 9.59 Å². The first-order chi connectivity index (χ1) is 16.2. The van der Waals surface area contributed by atoms with E-state index in [1.54, 1.807) is 0 Å². The highest BCUT2D eigenvalue weighted by molar-refractivity contribution is 5.82. The summed E-state index contributed by atoms with van der Waals surface area (Å²) in [6.45, 7) is 17.6. The first-order valence-corrected chi connectivity index (χ1v) is 14.0. The number of hydrogen-bond acceptors (Lipinski definition) is 3. The van der Waals surface area contributed by atoms with Crippen molar-refractivity contribution < 1.29 is 23.8 Å². The Hall–Kier alpha value is -1.39. The zero-order valence-corrected chi connectivity index (χ0v) is 22.6. The lowest BCUT2D eigenvalue weighted by atomic mass is 9.31. The van der Waals surface area contributed by atoms with E-state index < -0.39 is 28.6 Å². The van der Waals surface area contributed by atoms with E-state index in [9.17, 15) is 14.7 Å². The third-order valence-corrected chi connectivity index (χ3v) is 13.1. The maximum absolute atomic E-state index is 17.1. The minimum atomic E-state index is -1.23. The zero-order valence-electron chi connectivity index (χ0n) is 22.6. The largest absolute Gasteiger partial charge is 0.481 e. The molecule has 1 unspecified atom stereocenters. The zero-order chi connectivity index (χ0) is 25.8. The van der Waals surface area contributed by atoms with Gasteiger partial charge in [0.1, 0.15) is 6.17 Å². The molecule has 4 nitrogen and oxygen atoms in total. The lowest BCUT2D eigenvalue weighted by molar-refractivity contribution is -0.297. The van der Waals surface area contributed by atoms with Crippen molar-refractivity contribution in [2.45, 2.75) is 111 Å². The predicted molar refractivity (Wildman–Crippen MR) is 133 cm³/mol. The van der Waals surface area contributed by atoms with Gasteiger partial charge in [0, 0.05) is 17.8 Å². The number of fused-ring (bicyclic) bond motifs is 2. The molecule has 1 spiro atoms. The molecule has 2 bridgehead atoms. The predicted octanol–water partition coefficient (Wildman–Crippen LogP) is 6.97. The molecule has 1 saturated heterocycles. The lowest BCUT2D eigenvalue weighted by Gasteiger charge is -2.73. The third-order valence-electron chi connectivity index (χ3n) is 13.1. The van der Waals surface area contributed by atoms with Crippen LogP contribution in [0.2, 0.25) is 0 Å². The highest BCUT2D eigenvalue weighted by Gasteiger charge is 2.83. The van der Waals surface area contributed by atoms with Crippen LogP contribution in [0.15, 0.2) is 12.2 Å². The molecular weight excluding hydrogens is 443 g/mol. The van der Waals surface area contributed by atoms with Gasteiger partial charge in [-0.05, 0) is 92.8 Å². The first-order valence-electron chi connectivity index (χ1n) is 14.0. The Bertz CT molecular complexity index is 962. The van der Waals surface area contributed by atoms with Crippen molar-refractivity contribution in [3.63, 3.8) is 0 Å². The van der Waals surface area contributed by atoms with Gasteiger partial charge in [0.15, 0.2) is 5.60 Å². The van der Waals surface area contributed by atoms with E-state index >= 15 is 4.39 Å². The average Bonchev–Trinajstić information content (AvgIpc) is 3.00. The third kappa shape index (κ3) is 2.79. The molecule has 1 N–H and O–H groups in total. The van der Waals surface area contributed by atoms with Crippen molar-refractivity contribution in [1.82, 2.24) is 0 Å². The van der Waals surface area contributed by atoms with Crippen molar-refractivity contribution in [1.29, 1.82) is 0 Å². The highest BCUT2D eigenvalue weighted by atomic mass is 19.1. The average molecular weight is 489 g/mol. The Balaban J connectivity index is 1.66. The van der Waals surface area contributed by atoms with Gasteiger partial charge in [-0.25, -0.2) is 4.39 Å². The molecule has 196 valence electrons. The first kappa shape index (κ1) is 25.3. The number of carboxylic acid groups (broad SMARTS) is 1. The molecule has 0 amide bonds. The van der Waals surface area contributed by atoms with Crippen LogP contribution in [-0.4, -0.2) is 28.8 Å². The molecule has 11 atom stereocenters. The van der Waals surface area contributed by atoms with E-state index in [0.717, 1.165) is 44.1 Å². The number of ether oxygens (including phenoxy) is 1. The Morgan fingerprint density at radius 2 is 1.83 bits per heavy atom. The number of aliphatic carboxylic acids is 1. The number of carbonyl (C=O) groups is 2. The molecular formula is C30H45FO4. The van der Waals surface area contributed by atoms with Gasteiger partial charge in [-0.2, -0.15) is 0 Å². The summed E-state index contributed by atoms with van der Waals surface area (Å²) in [6.07, 6.45) is 4.99. The Morgan fingerprint density at radius 1 is 1.14 bits per heavy atom. The minimum Gasteiger partial charge on any atom is -0.481 e. The summed E-state index contributed by atoms with van der Waals surface area (Å²) in [6, 6.07) is 0. The van der Waals surface area contributed by atoms with Gasteiger partial charge in [-0.1, -0.05) is 46.8 Å². The maximum Gasteiger partial charge on any atom is 0.313 e. The maximum atomic E-state index is 17.1. The van der Waals surface area contributed by atoms with Gasteiger partial charge >= 0.3 is 11.9 Å². The van der Waals surface area contributed by atoms with E-state index in [2.05, 4.69) is 41.2 Å². The van der Waals surface area contributed by atoms with Crippen LogP contribution in [0.25, 0.3) is 0 Å². The van der Waals surface area contributed by atoms with Crippen LogP contribution in [0.5, 0.6) is 0 Å². The molecule has 4 aliphatic carbocycles. The number of hydrogen-bond donors (Lipinski definition) is 1. The number of rotatable bonds is 4. The standard InChI is InChI=1S/C30H45FO4/c1-17(2)20-9-12-27(6)21(26(20,5)11-10-23(32)33)16-22(31)30-24-19(4)18(3)8-13-29(24,25(34)35-30)15-14-28(27,30)7/h18-22,24H,1,8-16H2,2-7H3,(H,32,33)/t18-,19+,20+,21-,22-,24-,26+,27-,28+,29+,30?/m1/s1. The fourth-order valence-corrected chi connectivity index (χ4v) is 11.0. The minimum absolute atomic E-state index is 0.0125. The summed E-state index contributed by atoms with van der Waals surface area (Å²) in [7, 11) is 0. The van der Waals surface area contributed by atoms with Crippen LogP contribution in [0.1, 0.15) is 99.3 Å². The Morgan fingerprint density at radius 3 is 2.46 bits per heavy atom. The quantitative estimate of drug-likeness (QED) is 0.343. The highest BCUT2D eigenvalue weighted by Crippen LogP contribution is 2.80. The second-order valence-corrected chi connectivity index (χ2v) is 14.0. The molecule has 5 aliphatic rings. The topological polar surface area (TPSA) is 63.6 Å². The second-order valence-electron chi connectivity index (χ2n) is 14.0. The van der Waals surface area contributed by atoms with E-state index in [4.69, 9.17) is 4.74 Å². The number of esters is 1. The summed E-state index contributed by atoms with van der Waals surface area (Å²) in [4.78, 5) is 25.3. The van der Waals surface area contributed by atoms with Gasteiger partial charge in [0.2, 0.25) is 0 Å². The summed E-state index contributed by atoms with van der Waals surface area (Å²) in [5, 5.41) is 9.58. The van der Waals surface area contributed by atoms with E-state index in [-0.39, 0.29) is 46.9 Å². The second kappa shape index (κ2) is 7.57. The Kier molecular flexibility index (Phi) is 5.46. The van der Waals surface area contributed by atoms with Crippen LogP contribution in [0, 0.1) is 51.2 Å². The molecule has 1 heterocycles. The summed E-state index contributed by atoms with van der Waals surface area (Å²) in [5.41, 5.74) is -1.61. The number of halogens is 1. The molecule has 0 aromatic rings. The summed E-state index contributed by atoms with van der Waals surface area (Å²) < 4.78 is 23.6. The fraction of sp³-hybridized carbons (Fsp3) is 0.867. The van der Waals surface area contributed by atoms with Gasteiger partial charge in [-0.15, -0.1) is 0 Å². The van der Waals surface area contributed by atoms with Crippen LogP contribution in [0.3, 0.4) is 0 Å². The van der Waals surface area contributed by atoms with Crippen molar-refractivity contribution in [2.75, 3.05) is 0 Å². The van der Waals surface area contributed by atoms with Crippen LogP contribution >= 0.6 is 0 Å². The lowest BCUT2D eigenvalue weighted by Crippen LogP contribution is -2.75. The molecule has 5 rings (SSSR count). The fourth-order valence-electron chi connectivity index (χ4n) is 11.0. The number of alkyl halides is 1.